The Labute approximate surface area is 138 Å². The maximum absolute atomic E-state index is 6.33. The standard InChI is InChI=1S/C17H17BrClNO/c1-11-9-13(18)5-8-16(11)21-17-12(3-2-4-15(17)19)10-20-14-6-7-14/h2-5,8-9,14,20H,6-7,10H2,1H3. The Morgan fingerprint density at radius 2 is 2.10 bits per heavy atom. The lowest BCUT2D eigenvalue weighted by molar-refractivity contribution is 0.469. The summed E-state index contributed by atoms with van der Waals surface area (Å²) in [6.45, 7) is 2.81. The van der Waals surface area contributed by atoms with Gasteiger partial charge in [-0.15, -0.1) is 0 Å². The van der Waals surface area contributed by atoms with E-state index in [0.29, 0.717) is 11.1 Å². The summed E-state index contributed by atoms with van der Waals surface area (Å²) in [5.41, 5.74) is 2.17. The molecule has 110 valence electrons. The first kappa shape index (κ1) is 14.9. The van der Waals surface area contributed by atoms with Crippen LogP contribution in [-0.2, 0) is 6.54 Å². The van der Waals surface area contributed by atoms with Crippen LogP contribution in [0.4, 0.5) is 0 Å². The summed E-state index contributed by atoms with van der Waals surface area (Å²) < 4.78 is 7.13. The lowest BCUT2D eigenvalue weighted by Crippen LogP contribution is -2.15. The predicted molar refractivity (Wildman–Crippen MR) is 90.3 cm³/mol. The van der Waals surface area contributed by atoms with Gasteiger partial charge in [0.2, 0.25) is 0 Å². The molecule has 2 nitrogen and oxygen atoms in total. The number of halogens is 2. The fourth-order valence-electron chi connectivity index (χ4n) is 2.19. The second kappa shape index (κ2) is 6.39. The average molecular weight is 367 g/mol. The van der Waals surface area contributed by atoms with Crippen molar-refractivity contribution in [3.05, 3.63) is 57.0 Å². The normalized spacial score (nSPS) is 14.2. The zero-order valence-electron chi connectivity index (χ0n) is 11.8. The van der Waals surface area contributed by atoms with E-state index in [1.807, 2.05) is 37.3 Å². The Hall–Kier alpha value is -1.03. The fraction of sp³-hybridized carbons (Fsp3) is 0.294. The van der Waals surface area contributed by atoms with E-state index in [0.717, 1.165) is 33.6 Å². The van der Waals surface area contributed by atoms with Gasteiger partial charge in [0.25, 0.3) is 0 Å². The topological polar surface area (TPSA) is 21.3 Å². The highest BCUT2D eigenvalue weighted by molar-refractivity contribution is 9.10. The summed E-state index contributed by atoms with van der Waals surface area (Å²) in [6, 6.07) is 12.5. The van der Waals surface area contributed by atoms with Gasteiger partial charge in [-0.3, -0.25) is 0 Å². The zero-order chi connectivity index (χ0) is 14.8. The van der Waals surface area contributed by atoms with Crippen molar-refractivity contribution in [2.45, 2.75) is 32.4 Å². The third kappa shape index (κ3) is 3.79. The summed E-state index contributed by atoms with van der Waals surface area (Å²) in [6.07, 6.45) is 2.53. The Kier molecular flexibility index (Phi) is 4.53. The van der Waals surface area contributed by atoms with Crippen LogP contribution < -0.4 is 10.1 Å². The lowest BCUT2D eigenvalue weighted by atomic mass is 10.2. The van der Waals surface area contributed by atoms with E-state index in [4.69, 9.17) is 16.3 Å². The summed E-state index contributed by atoms with van der Waals surface area (Å²) in [5, 5.41) is 4.15. The van der Waals surface area contributed by atoms with Crippen LogP contribution in [0.2, 0.25) is 5.02 Å². The van der Waals surface area contributed by atoms with Crippen LogP contribution >= 0.6 is 27.5 Å². The number of para-hydroxylation sites is 1. The van der Waals surface area contributed by atoms with Gasteiger partial charge < -0.3 is 10.1 Å². The van der Waals surface area contributed by atoms with Gasteiger partial charge in [0.1, 0.15) is 5.75 Å². The monoisotopic (exact) mass is 365 g/mol. The molecule has 0 atom stereocenters. The van der Waals surface area contributed by atoms with Crippen molar-refractivity contribution in [3.63, 3.8) is 0 Å². The first-order chi connectivity index (χ1) is 10.1. The van der Waals surface area contributed by atoms with Crippen LogP contribution in [0, 0.1) is 6.92 Å². The van der Waals surface area contributed by atoms with Crippen LogP contribution in [0.5, 0.6) is 11.5 Å². The molecular formula is C17H17BrClNO. The number of benzene rings is 2. The second-order valence-corrected chi connectivity index (χ2v) is 6.72. The second-order valence-electron chi connectivity index (χ2n) is 5.40. The predicted octanol–water partition coefficient (Wildman–Crippen LogP) is 5.46. The molecular weight excluding hydrogens is 350 g/mol. The van der Waals surface area contributed by atoms with Crippen molar-refractivity contribution < 1.29 is 4.74 Å². The van der Waals surface area contributed by atoms with Crippen LogP contribution in [0.1, 0.15) is 24.0 Å². The molecule has 0 aliphatic heterocycles. The van der Waals surface area contributed by atoms with Gasteiger partial charge in [-0.25, -0.2) is 0 Å². The smallest absolute Gasteiger partial charge is 0.150 e. The number of hydrogen-bond donors (Lipinski definition) is 1. The van der Waals surface area contributed by atoms with E-state index in [9.17, 15) is 0 Å². The molecule has 1 aliphatic rings. The largest absolute Gasteiger partial charge is 0.455 e. The molecule has 1 saturated carbocycles. The molecule has 1 aliphatic carbocycles. The maximum atomic E-state index is 6.33. The Morgan fingerprint density at radius 3 is 2.81 bits per heavy atom. The third-order valence-corrected chi connectivity index (χ3v) is 4.35. The van der Waals surface area contributed by atoms with Gasteiger partial charge >= 0.3 is 0 Å². The van der Waals surface area contributed by atoms with Crippen molar-refractivity contribution in [2.24, 2.45) is 0 Å². The minimum Gasteiger partial charge on any atom is -0.455 e. The van der Waals surface area contributed by atoms with Crippen molar-refractivity contribution >= 4 is 27.5 Å². The van der Waals surface area contributed by atoms with Crippen LogP contribution in [0.3, 0.4) is 0 Å². The molecule has 21 heavy (non-hydrogen) atoms. The van der Waals surface area contributed by atoms with E-state index in [2.05, 4.69) is 27.3 Å². The van der Waals surface area contributed by atoms with Crippen molar-refractivity contribution in [1.29, 1.82) is 0 Å². The van der Waals surface area contributed by atoms with Gasteiger partial charge in [0.15, 0.2) is 5.75 Å². The summed E-state index contributed by atoms with van der Waals surface area (Å²) in [7, 11) is 0. The van der Waals surface area contributed by atoms with E-state index < -0.39 is 0 Å². The minimum absolute atomic E-state index is 0.646. The number of rotatable bonds is 5. The molecule has 0 spiro atoms. The van der Waals surface area contributed by atoms with Crippen LogP contribution in [-0.4, -0.2) is 6.04 Å². The first-order valence-corrected chi connectivity index (χ1v) is 8.25. The van der Waals surface area contributed by atoms with Gasteiger partial charge in [-0.2, -0.15) is 0 Å². The van der Waals surface area contributed by atoms with Gasteiger partial charge in [0, 0.05) is 22.6 Å². The minimum atomic E-state index is 0.646. The summed E-state index contributed by atoms with van der Waals surface area (Å²) in [5.74, 6) is 1.58. The zero-order valence-corrected chi connectivity index (χ0v) is 14.2. The van der Waals surface area contributed by atoms with Crippen molar-refractivity contribution in [3.8, 4) is 11.5 Å². The molecule has 3 rings (SSSR count). The third-order valence-electron chi connectivity index (χ3n) is 3.56. The number of nitrogens with one attached hydrogen (secondary N) is 1. The SMILES string of the molecule is Cc1cc(Br)ccc1Oc1c(Cl)cccc1CNC1CC1. The molecule has 1 fully saturated rings. The summed E-state index contributed by atoms with van der Waals surface area (Å²) >= 11 is 9.80. The molecule has 2 aromatic carbocycles. The first-order valence-electron chi connectivity index (χ1n) is 7.08. The lowest BCUT2D eigenvalue weighted by Gasteiger charge is -2.15. The molecule has 0 bridgehead atoms. The highest BCUT2D eigenvalue weighted by atomic mass is 79.9. The van der Waals surface area contributed by atoms with E-state index in [1.54, 1.807) is 0 Å². The molecule has 0 aromatic heterocycles. The highest BCUT2D eigenvalue weighted by Gasteiger charge is 2.21. The molecule has 0 heterocycles. The van der Waals surface area contributed by atoms with E-state index in [1.165, 1.54) is 12.8 Å². The quantitative estimate of drug-likeness (QED) is 0.759. The van der Waals surface area contributed by atoms with Crippen LogP contribution in [0.25, 0.3) is 0 Å². The molecule has 0 saturated heterocycles. The molecule has 4 heteroatoms. The number of aryl methyl sites for hydroxylation is 1. The Bertz CT molecular complexity index is 655. The van der Waals surface area contributed by atoms with Crippen molar-refractivity contribution in [1.82, 2.24) is 5.32 Å². The fourth-order valence-corrected chi connectivity index (χ4v) is 2.89. The number of ether oxygens (including phenoxy) is 1. The summed E-state index contributed by atoms with van der Waals surface area (Å²) in [4.78, 5) is 0. The highest BCUT2D eigenvalue weighted by Crippen LogP contribution is 2.35. The van der Waals surface area contributed by atoms with E-state index >= 15 is 0 Å². The Balaban J connectivity index is 1.85. The van der Waals surface area contributed by atoms with Crippen LogP contribution in [0.15, 0.2) is 40.9 Å². The van der Waals surface area contributed by atoms with Crippen molar-refractivity contribution in [2.75, 3.05) is 0 Å². The van der Waals surface area contributed by atoms with Gasteiger partial charge in [0.05, 0.1) is 5.02 Å². The maximum Gasteiger partial charge on any atom is 0.150 e. The molecule has 0 amide bonds. The molecule has 1 N–H and O–H groups in total. The Morgan fingerprint density at radius 1 is 1.29 bits per heavy atom. The molecule has 0 unspecified atom stereocenters. The molecule has 2 aromatic rings. The molecule has 0 radical (unpaired) electrons. The van der Waals surface area contributed by atoms with E-state index in [-0.39, 0.29) is 0 Å². The number of hydrogen-bond acceptors (Lipinski definition) is 2. The van der Waals surface area contributed by atoms with Gasteiger partial charge in [-0.1, -0.05) is 39.7 Å². The average Bonchev–Trinajstić information content (AvgIpc) is 3.26. The van der Waals surface area contributed by atoms with Gasteiger partial charge in [-0.05, 0) is 49.6 Å².